The van der Waals surface area contributed by atoms with Crippen LogP contribution in [-0.2, 0) is 4.79 Å². The maximum absolute atomic E-state index is 11.2. The number of aromatic nitrogens is 2. The number of nitrogens with one attached hydrogen (secondary N) is 1. The SMILES string of the molecule is O=C(O)CC(Nc1ncnc2ccccc12)c1ccccc1. The van der Waals surface area contributed by atoms with Crippen LogP contribution < -0.4 is 5.32 Å². The van der Waals surface area contributed by atoms with E-state index >= 15 is 0 Å². The van der Waals surface area contributed by atoms with E-state index in [1.807, 2.05) is 54.6 Å². The molecule has 0 fully saturated rings. The van der Waals surface area contributed by atoms with Crippen LogP contribution in [0.4, 0.5) is 5.82 Å². The lowest BCUT2D eigenvalue weighted by molar-refractivity contribution is -0.137. The lowest BCUT2D eigenvalue weighted by Crippen LogP contribution is -2.16. The van der Waals surface area contributed by atoms with E-state index in [1.165, 1.54) is 6.33 Å². The summed E-state index contributed by atoms with van der Waals surface area (Å²) in [5.41, 5.74) is 1.73. The molecule has 1 aromatic heterocycles. The van der Waals surface area contributed by atoms with Gasteiger partial charge < -0.3 is 10.4 Å². The van der Waals surface area contributed by atoms with E-state index in [1.54, 1.807) is 0 Å². The Labute approximate surface area is 127 Å². The van der Waals surface area contributed by atoms with Gasteiger partial charge in [0, 0.05) is 5.39 Å². The van der Waals surface area contributed by atoms with Crippen LogP contribution >= 0.6 is 0 Å². The van der Waals surface area contributed by atoms with Crippen molar-refractivity contribution < 1.29 is 9.90 Å². The molecule has 22 heavy (non-hydrogen) atoms. The zero-order valence-electron chi connectivity index (χ0n) is 11.8. The summed E-state index contributed by atoms with van der Waals surface area (Å²) in [7, 11) is 0. The van der Waals surface area contributed by atoms with Crippen LogP contribution in [0.25, 0.3) is 10.9 Å². The van der Waals surface area contributed by atoms with Crippen molar-refractivity contribution >= 4 is 22.7 Å². The molecule has 0 aliphatic carbocycles. The molecule has 0 amide bonds. The molecule has 5 heteroatoms. The third-order valence-electron chi connectivity index (χ3n) is 3.43. The zero-order valence-corrected chi connectivity index (χ0v) is 11.8. The average Bonchev–Trinajstić information content (AvgIpc) is 2.55. The molecule has 2 N–H and O–H groups in total. The molecule has 0 bridgehead atoms. The Balaban J connectivity index is 1.97. The number of rotatable bonds is 5. The lowest BCUT2D eigenvalue weighted by Gasteiger charge is -2.19. The summed E-state index contributed by atoms with van der Waals surface area (Å²) in [6.45, 7) is 0. The van der Waals surface area contributed by atoms with Crippen molar-refractivity contribution in [3.63, 3.8) is 0 Å². The van der Waals surface area contributed by atoms with Gasteiger partial charge in [-0.3, -0.25) is 4.79 Å². The van der Waals surface area contributed by atoms with Gasteiger partial charge >= 0.3 is 5.97 Å². The van der Waals surface area contributed by atoms with Crippen LogP contribution in [0.3, 0.4) is 0 Å². The number of carboxylic acid groups (broad SMARTS) is 1. The van der Waals surface area contributed by atoms with E-state index in [4.69, 9.17) is 5.11 Å². The molecule has 0 saturated carbocycles. The summed E-state index contributed by atoms with van der Waals surface area (Å²) in [5, 5.41) is 13.3. The smallest absolute Gasteiger partial charge is 0.305 e. The Morgan fingerprint density at radius 2 is 1.77 bits per heavy atom. The first kappa shape index (κ1) is 14.0. The first-order valence-corrected chi connectivity index (χ1v) is 6.97. The lowest BCUT2D eigenvalue weighted by atomic mass is 10.0. The first-order valence-electron chi connectivity index (χ1n) is 6.97. The van der Waals surface area contributed by atoms with Gasteiger partial charge in [0.05, 0.1) is 18.0 Å². The topological polar surface area (TPSA) is 75.1 Å². The number of benzene rings is 2. The van der Waals surface area contributed by atoms with Gasteiger partial charge in [0.1, 0.15) is 12.1 Å². The first-order chi connectivity index (χ1) is 10.7. The second-order valence-electron chi connectivity index (χ2n) is 4.94. The second-order valence-corrected chi connectivity index (χ2v) is 4.94. The molecule has 0 aliphatic rings. The molecule has 1 atom stereocenters. The number of carbonyl (C=O) groups is 1. The number of carboxylic acids is 1. The predicted molar refractivity (Wildman–Crippen MR) is 84.6 cm³/mol. The summed E-state index contributed by atoms with van der Waals surface area (Å²) in [6, 6.07) is 16.8. The third-order valence-corrected chi connectivity index (χ3v) is 3.43. The van der Waals surface area contributed by atoms with Crippen molar-refractivity contribution in [3.8, 4) is 0 Å². The molecule has 0 saturated heterocycles. The highest BCUT2D eigenvalue weighted by molar-refractivity contribution is 5.89. The van der Waals surface area contributed by atoms with Gasteiger partial charge in [0.25, 0.3) is 0 Å². The Morgan fingerprint density at radius 1 is 1.05 bits per heavy atom. The molecule has 0 spiro atoms. The summed E-state index contributed by atoms with van der Waals surface area (Å²) in [4.78, 5) is 19.6. The Hall–Kier alpha value is -2.95. The highest BCUT2D eigenvalue weighted by atomic mass is 16.4. The van der Waals surface area contributed by atoms with E-state index < -0.39 is 5.97 Å². The molecule has 2 aromatic carbocycles. The van der Waals surface area contributed by atoms with Crippen molar-refractivity contribution in [2.45, 2.75) is 12.5 Å². The fourth-order valence-electron chi connectivity index (χ4n) is 2.40. The standard InChI is InChI=1S/C17H15N3O2/c21-16(22)10-15(12-6-2-1-3-7-12)20-17-13-8-4-5-9-14(13)18-11-19-17/h1-9,11,15H,10H2,(H,21,22)(H,18,19,20). The van der Waals surface area contributed by atoms with Gasteiger partial charge in [0.15, 0.2) is 0 Å². The normalized spacial score (nSPS) is 12.0. The monoisotopic (exact) mass is 293 g/mol. The van der Waals surface area contributed by atoms with Gasteiger partial charge in [-0.1, -0.05) is 42.5 Å². The number of hydrogen-bond acceptors (Lipinski definition) is 4. The van der Waals surface area contributed by atoms with E-state index in [9.17, 15) is 4.79 Å². The van der Waals surface area contributed by atoms with Crippen molar-refractivity contribution in [1.29, 1.82) is 0 Å². The van der Waals surface area contributed by atoms with Crippen molar-refractivity contribution in [2.24, 2.45) is 0 Å². The van der Waals surface area contributed by atoms with Crippen molar-refractivity contribution in [1.82, 2.24) is 9.97 Å². The van der Waals surface area contributed by atoms with Crippen molar-refractivity contribution in [3.05, 3.63) is 66.5 Å². The highest BCUT2D eigenvalue weighted by Crippen LogP contribution is 2.25. The van der Waals surface area contributed by atoms with Gasteiger partial charge in [-0.2, -0.15) is 0 Å². The fourth-order valence-corrected chi connectivity index (χ4v) is 2.40. The minimum absolute atomic E-state index is 0.0255. The molecular formula is C17H15N3O2. The molecule has 1 unspecified atom stereocenters. The molecular weight excluding hydrogens is 278 g/mol. The molecule has 0 aliphatic heterocycles. The molecule has 3 rings (SSSR count). The highest BCUT2D eigenvalue weighted by Gasteiger charge is 2.17. The number of nitrogens with zero attached hydrogens (tertiary/aromatic N) is 2. The molecule has 110 valence electrons. The number of para-hydroxylation sites is 1. The predicted octanol–water partition coefficient (Wildman–Crippen LogP) is 3.26. The second kappa shape index (κ2) is 6.22. The van der Waals surface area contributed by atoms with Crippen LogP contribution in [-0.4, -0.2) is 21.0 Å². The number of aliphatic carboxylic acids is 1. The zero-order chi connectivity index (χ0) is 15.4. The largest absolute Gasteiger partial charge is 0.481 e. The van der Waals surface area contributed by atoms with E-state index in [-0.39, 0.29) is 12.5 Å². The number of anilines is 1. The molecule has 1 heterocycles. The quantitative estimate of drug-likeness (QED) is 0.755. The molecule has 0 radical (unpaired) electrons. The summed E-state index contributed by atoms with van der Waals surface area (Å²) >= 11 is 0. The fraction of sp³-hybridized carbons (Fsp3) is 0.118. The summed E-state index contributed by atoms with van der Waals surface area (Å²) < 4.78 is 0. The minimum Gasteiger partial charge on any atom is -0.481 e. The molecule has 3 aromatic rings. The van der Waals surface area contributed by atoms with Crippen LogP contribution in [0, 0.1) is 0 Å². The van der Waals surface area contributed by atoms with Gasteiger partial charge in [-0.05, 0) is 17.7 Å². The maximum Gasteiger partial charge on any atom is 0.305 e. The Kier molecular flexibility index (Phi) is 3.96. The average molecular weight is 293 g/mol. The Bertz CT molecular complexity index is 785. The third kappa shape index (κ3) is 3.03. The van der Waals surface area contributed by atoms with E-state index in [2.05, 4.69) is 15.3 Å². The van der Waals surface area contributed by atoms with Crippen LogP contribution in [0.15, 0.2) is 60.9 Å². The minimum atomic E-state index is -0.861. The van der Waals surface area contributed by atoms with Gasteiger partial charge in [-0.25, -0.2) is 9.97 Å². The van der Waals surface area contributed by atoms with Crippen molar-refractivity contribution in [2.75, 3.05) is 5.32 Å². The maximum atomic E-state index is 11.2. The number of hydrogen-bond donors (Lipinski definition) is 2. The summed E-state index contributed by atoms with van der Waals surface area (Å²) in [5.74, 6) is -0.222. The van der Waals surface area contributed by atoms with Crippen LogP contribution in [0.2, 0.25) is 0 Å². The van der Waals surface area contributed by atoms with E-state index in [0.717, 1.165) is 16.5 Å². The van der Waals surface area contributed by atoms with Crippen LogP contribution in [0.1, 0.15) is 18.0 Å². The molecule has 5 nitrogen and oxygen atoms in total. The van der Waals surface area contributed by atoms with Gasteiger partial charge in [0.2, 0.25) is 0 Å². The van der Waals surface area contributed by atoms with E-state index in [0.29, 0.717) is 5.82 Å². The van der Waals surface area contributed by atoms with Gasteiger partial charge in [-0.15, -0.1) is 0 Å². The number of fused-ring (bicyclic) bond motifs is 1. The van der Waals surface area contributed by atoms with Crippen LogP contribution in [0.5, 0.6) is 0 Å². The Morgan fingerprint density at radius 3 is 2.55 bits per heavy atom. The summed E-state index contributed by atoms with van der Waals surface area (Å²) in [6.07, 6.45) is 1.45.